The van der Waals surface area contributed by atoms with Gasteiger partial charge in [0.1, 0.15) is 18.0 Å². The monoisotopic (exact) mass is 302 g/mol. The molecule has 1 aliphatic rings. The third kappa shape index (κ3) is 3.57. The Morgan fingerprint density at radius 3 is 2.71 bits per heavy atom. The Morgan fingerprint density at radius 2 is 2.10 bits per heavy atom. The molecule has 0 aromatic carbocycles. The summed E-state index contributed by atoms with van der Waals surface area (Å²) in [7, 11) is 0. The van der Waals surface area contributed by atoms with Gasteiger partial charge in [0.2, 0.25) is 0 Å². The van der Waals surface area contributed by atoms with Crippen molar-refractivity contribution >= 4 is 11.6 Å². The first-order valence-electron chi connectivity index (χ1n) is 7.36. The van der Waals surface area contributed by atoms with Gasteiger partial charge >= 0.3 is 6.18 Å². The number of rotatable bonds is 4. The van der Waals surface area contributed by atoms with Crippen LogP contribution in [0.1, 0.15) is 32.3 Å². The molecule has 2 rings (SSSR count). The van der Waals surface area contributed by atoms with Gasteiger partial charge in [0.15, 0.2) is 0 Å². The van der Waals surface area contributed by atoms with Crippen LogP contribution in [0.4, 0.5) is 24.8 Å². The summed E-state index contributed by atoms with van der Waals surface area (Å²) in [6.45, 7) is 5.24. The van der Waals surface area contributed by atoms with Crippen molar-refractivity contribution in [1.29, 1.82) is 0 Å². The molecule has 0 saturated carbocycles. The first kappa shape index (κ1) is 15.9. The summed E-state index contributed by atoms with van der Waals surface area (Å²) in [5.74, 6) is 0.0880. The average Bonchev–Trinajstić information content (AvgIpc) is 2.46. The third-order valence-electron chi connectivity index (χ3n) is 3.80. The van der Waals surface area contributed by atoms with Gasteiger partial charge in [-0.2, -0.15) is 13.2 Å². The van der Waals surface area contributed by atoms with Crippen molar-refractivity contribution in [3.8, 4) is 0 Å². The van der Waals surface area contributed by atoms with Crippen LogP contribution in [0.2, 0.25) is 0 Å². The highest BCUT2D eigenvalue weighted by Crippen LogP contribution is 2.35. The molecule has 0 aliphatic carbocycles. The van der Waals surface area contributed by atoms with Crippen LogP contribution in [-0.2, 0) is 6.42 Å². The molecule has 2 heterocycles. The average molecular weight is 302 g/mol. The summed E-state index contributed by atoms with van der Waals surface area (Å²) in [6, 6.07) is 0. The molecule has 0 bridgehead atoms. The van der Waals surface area contributed by atoms with E-state index in [1.807, 2.05) is 13.8 Å². The van der Waals surface area contributed by atoms with Crippen LogP contribution in [0.3, 0.4) is 0 Å². The Kier molecular flexibility index (Phi) is 4.90. The highest BCUT2D eigenvalue weighted by molar-refractivity contribution is 5.59. The first-order valence-corrected chi connectivity index (χ1v) is 7.36. The van der Waals surface area contributed by atoms with E-state index in [9.17, 15) is 13.2 Å². The largest absolute Gasteiger partial charge is 0.393 e. The minimum atomic E-state index is -4.14. The lowest BCUT2D eigenvalue weighted by Gasteiger charge is -2.35. The second-order valence-corrected chi connectivity index (χ2v) is 5.24. The smallest absolute Gasteiger partial charge is 0.370 e. The number of anilines is 2. The number of hydrogen-bond acceptors (Lipinski definition) is 4. The van der Waals surface area contributed by atoms with E-state index >= 15 is 0 Å². The van der Waals surface area contributed by atoms with Gasteiger partial charge in [-0.05, 0) is 26.2 Å². The van der Waals surface area contributed by atoms with Gasteiger partial charge in [-0.15, -0.1) is 0 Å². The van der Waals surface area contributed by atoms with Gasteiger partial charge in [-0.3, -0.25) is 0 Å². The summed E-state index contributed by atoms with van der Waals surface area (Å²) in [5, 5.41) is 3.15. The van der Waals surface area contributed by atoms with Gasteiger partial charge in [-0.25, -0.2) is 9.97 Å². The molecular formula is C14H21F3N4. The molecule has 1 fully saturated rings. The van der Waals surface area contributed by atoms with Crippen molar-refractivity contribution in [3.63, 3.8) is 0 Å². The summed E-state index contributed by atoms with van der Waals surface area (Å²) < 4.78 is 38.8. The molecule has 1 unspecified atom stereocenters. The topological polar surface area (TPSA) is 41.1 Å². The Labute approximate surface area is 122 Å². The molecule has 21 heavy (non-hydrogen) atoms. The van der Waals surface area contributed by atoms with Crippen LogP contribution in [-0.4, -0.2) is 35.8 Å². The molecule has 4 nitrogen and oxygen atoms in total. The Bertz CT molecular complexity index is 476. The van der Waals surface area contributed by atoms with E-state index in [4.69, 9.17) is 0 Å². The fraction of sp³-hybridized carbons (Fsp3) is 0.714. The molecule has 0 radical (unpaired) electrons. The van der Waals surface area contributed by atoms with E-state index in [1.54, 1.807) is 4.90 Å². The van der Waals surface area contributed by atoms with E-state index in [-0.39, 0.29) is 13.0 Å². The second kappa shape index (κ2) is 6.49. The number of aromatic nitrogens is 2. The Balaban J connectivity index is 2.26. The molecule has 0 spiro atoms. The Hall–Kier alpha value is -1.53. The third-order valence-corrected chi connectivity index (χ3v) is 3.80. The zero-order valence-corrected chi connectivity index (χ0v) is 12.4. The van der Waals surface area contributed by atoms with Gasteiger partial charge in [0.25, 0.3) is 0 Å². The number of nitrogens with one attached hydrogen (secondary N) is 1. The van der Waals surface area contributed by atoms with Gasteiger partial charge in [0.05, 0.1) is 5.92 Å². The summed E-state index contributed by atoms with van der Waals surface area (Å²) in [6.07, 6.45) is -1.29. The maximum atomic E-state index is 12.9. The standard InChI is InChI=1S/C14H21F3N4/c1-3-11-12(18-4-2)19-9-20-13(11)21-7-5-6-10(8-21)14(15,16)17/h9-10H,3-8H2,1-2H3,(H,18,19,20). The van der Waals surface area contributed by atoms with E-state index in [0.717, 1.165) is 11.4 Å². The van der Waals surface area contributed by atoms with Crippen LogP contribution in [0.15, 0.2) is 6.33 Å². The van der Waals surface area contributed by atoms with Crippen LogP contribution < -0.4 is 10.2 Å². The first-order chi connectivity index (χ1) is 9.97. The molecule has 0 amide bonds. The molecule has 1 aromatic rings. The van der Waals surface area contributed by atoms with Crippen LogP contribution in [0.25, 0.3) is 0 Å². The molecule has 1 aliphatic heterocycles. The van der Waals surface area contributed by atoms with Crippen LogP contribution >= 0.6 is 0 Å². The predicted octanol–water partition coefficient (Wildman–Crippen LogP) is 3.25. The number of nitrogens with zero attached hydrogens (tertiary/aromatic N) is 3. The van der Waals surface area contributed by atoms with Crippen molar-refractivity contribution in [2.45, 2.75) is 39.3 Å². The van der Waals surface area contributed by atoms with E-state index in [2.05, 4.69) is 15.3 Å². The van der Waals surface area contributed by atoms with Crippen molar-refractivity contribution in [2.75, 3.05) is 29.9 Å². The minimum absolute atomic E-state index is 0.0148. The fourth-order valence-electron chi connectivity index (χ4n) is 2.76. The van der Waals surface area contributed by atoms with E-state index in [1.165, 1.54) is 6.33 Å². The summed E-state index contributed by atoms with van der Waals surface area (Å²) in [5.41, 5.74) is 0.891. The lowest BCUT2D eigenvalue weighted by atomic mass is 9.97. The zero-order chi connectivity index (χ0) is 15.5. The van der Waals surface area contributed by atoms with Gasteiger partial charge in [0, 0.05) is 25.2 Å². The second-order valence-electron chi connectivity index (χ2n) is 5.24. The number of piperidine rings is 1. The fourth-order valence-corrected chi connectivity index (χ4v) is 2.76. The lowest BCUT2D eigenvalue weighted by molar-refractivity contribution is -0.176. The molecule has 1 N–H and O–H groups in total. The SMILES string of the molecule is CCNc1ncnc(N2CCCC(C(F)(F)F)C2)c1CC. The number of hydrogen-bond donors (Lipinski definition) is 1. The number of alkyl halides is 3. The zero-order valence-electron chi connectivity index (χ0n) is 12.4. The van der Waals surface area contributed by atoms with Crippen molar-refractivity contribution < 1.29 is 13.2 Å². The maximum absolute atomic E-state index is 12.9. The summed E-state index contributed by atoms with van der Waals surface area (Å²) in [4.78, 5) is 10.2. The molecule has 1 saturated heterocycles. The lowest BCUT2D eigenvalue weighted by Crippen LogP contribution is -2.42. The maximum Gasteiger partial charge on any atom is 0.393 e. The van der Waals surface area contributed by atoms with E-state index < -0.39 is 12.1 Å². The van der Waals surface area contributed by atoms with Crippen LogP contribution in [0.5, 0.6) is 0 Å². The molecular weight excluding hydrogens is 281 g/mol. The highest BCUT2D eigenvalue weighted by Gasteiger charge is 2.42. The van der Waals surface area contributed by atoms with Crippen molar-refractivity contribution in [1.82, 2.24) is 9.97 Å². The Morgan fingerprint density at radius 1 is 1.33 bits per heavy atom. The van der Waals surface area contributed by atoms with Gasteiger partial charge < -0.3 is 10.2 Å². The van der Waals surface area contributed by atoms with Crippen molar-refractivity contribution in [2.24, 2.45) is 5.92 Å². The molecule has 1 atom stereocenters. The quantitative estimate of drug-likeness (QED) is 0.927. The number of halogens is 3. The predicted molar refractivity (Wildman–Crippen MR) is 76.6 cm³/mol. The normalized spacial score (nSPS) is 19.7. The molecule has 1 aromatic heterocycles. The van der Waals surface area contributed by atoms with Crippen molar-refractivity contribution in [3.05, 3.63) is 11.9 Å². The highest BCUT2D eigenvalue weighted by atomic mass is 19.4. The van der Waals surface area contributed by atoms with Crippen LogP contribution in [0, 0.1) is 5.92 Å². The van der Waals surface area contributed by atoms with Gasteiger partial charge in [-0.1, -0.05) is 6.92 Å². The minimum Gasteiger partial charge on any atom is -0.370 e. The molecule has 118 valence electrons. The molecule has 7 heteroatoms. The van der Waals surface area contributed by atoms with E-state index in [0.29, 0.717) is 31.7 Å². The summed E-state index contributed by atoms with van der Waals surface area (Å²) >= 11 is 0.